The van der Waals surface area contributed by atoms with Crippen molar-refractivity contribution in [2.24, 2.45) is 12.8 Å². The predicted octanol–water partition coefficient (Wildman–Crippen LogP) is 0.948. The van der Waals surface area contributed by atoms with Gasteiger partial charge in [-0.05, 0) is 29.8 Å². The van der Waals surface area contributed by atoms with Gasteiger partial charge in [-0.1, -0.05) is 6.07 Å². The van der Waals surface area contributed by atoms with E-state index < -0.39 is 5.91 Å². The Balaban J connectivity index is 1.45. The molecular weight excluding hydrogens is 346 g/mol. The Hall–Kier alpha value is -3.13. The van der Waals surface area contributed by atoms with Crippen LogP contribution >= 0.6 is 0 Å². The molecule has 1 fully saturated rings. The molecule has 0 unspecified atom stereocenters. The van der Waals surface area contributed by atoms with Crippen LogP contribution < -0.4 is 16.4 Å². The zero-order chi connectivity index (χ0) is 19.0. The third kappa shape index (κ3) is 3.31. The van der Waals surface area contributed by atoms with E-state index in [1.807, 2.05) is 18.2 Å². The maximum atomic E-state index is 11.6. The van der Waals surface area contributed by atoms with Crippen molar-refractivity contribution in [3.8, 4) is 0 Å². The van der Waals surface area contributed by atoms with Crippen molar-refractivity contribution in [3.05, 3.63) is 58.2 Å². The van der Waals surface area contributed by atoms with E-state index in [-0.39, 0.29) is 5.76 Å². The van der Waals surface area contributed by atoms with E-state index >= 15 is 0 Å². The van der Waals surface area contributed by atoms with Gasteiger partial charge in [-0.25, -0.2) is 9.78 Å². The first kappa shape index (κ1) is 17.3. The molecule has 0 saturated carbocycles. The molecule has 8 heteroatoms. The second-order valence-corrected chi connectivity index (χ2v) is 6.73. The summed E-state index contributed by atoms with van der Waals surface area (Å²) in [5, 5.41) is 0. The van der Waals surface area contributed by atoms with Gasteiger partial charge in [0, 0.05) is 46.0 Å². The van der Waals surface area contributed by atoms with E-state index in [1.165, 1.54) is 4.57 Å². The van der Waals surface area contributed by atoms with E-state index in [9.17, 15) is 9.59 Å². The van der Waals surface area contributed by atoms with Crippen molar-refractivity contribution in [3.63, 3.8) is 0 Å². The zero-order valence-electron chi connectivity index (χ0n) is 15.1. The Morgan fingerprint density at radius 3 is 2.74 bits per heavy atom. The molecular formula is C19H21N5O3. The SMILES string of the molecule is Cn1c(=O)oc2ccc(CN3CCN(c4ncccc4C(N)=O)CC3)cc21. The van der Waals surface area contributed by atoms with Gasteiger partial charge in [0.1, 0.15) is 5.82 Å². The summed E-state index contributed by atoms with van der Waals surface area (Å²) in [6.45, 7) is 4.01. The minimum absolute atomic E-state index is 0.351. The Kier molecular flexibility index (Phi) is 4.41. The van der Waals surface area contributed by atoms with Crippen LogP contribution in [0.5, 0.6) is 0 Å². The number of hydrogen-bond donors (Lipinski definition) is 1. The minimum atomic E-state index is -0.459. The first-order valence-corrected chi connectivity index (χ1v) is 8.83. The Morgan fingerprint density at radius 1 is 1.22 bits per heavy atom. The molecule has 3 aromatic rings. The van der Waals surface area contributed by atoms with Gasteiger partial charge in [0.2, 0.25) is 0 Å². The van der Waals surface area contributed by atoms with Crippen LogP contribution in [0.4, 0.5) is 5.82 Å². The first-order valence-electron chi connectivity index (χ1n) is 8.83. The molecule has 1 amide bonds. The highest BCUT2D eigenvalue weighted by atomic mass is 16.4. The number of oxazole rings is 1. The number of amides is 1. The number of nitrogens with two attached hydrogens (primary N) is 1. The van der Waals surface area contributed by atoms with Crippen LogP contribution in [-0.4, -0.2) is 46.5 Å². The lowest BCUT2D eigenvalue weighted by atomic mass is 10.1. The maximum absolute atomic E-state index is 11.6. The topological polar surface area (TPSA) is 97.6 Å². The number of piperazine rings is 1. The standard InChI is InChI=1S/C19H21N5O3/c1-22-15-11-13(4-5-16(15)27-19(22)26)12-23-7-9-24(10-8-23)18-14(17(20)25)3-2-6-21-18/h2-6,11H,7-10,12H2,1H3,(H2,20,25). The fourth-order valence-electron chi connectivity index (χ4n) is 3.49. The third-order valence-electron chi connectivity index (χ3n) is 4.99. The second kappa shape index (κ2) is 6.88. The normalized spacial score (nSPS) is 15.4. The largest absolute Gasteiger partial charge is 0.419 e. The summed E-state index contributed by atoms with van der Waals surface area (Å²) < 4.78 is 6.70. The van der Waals surface area contributed by atoms with Gasteiger partial charge < -0.3 is 15.1 Å². The van der Waals surface area contributed by atoms with E-state index in [4.69, 9.17) is 10.2 Å². The van der Waals surface area contributed by atoms with Crippen LogP contribution in [0.15, 0.2) is 45.7 Å². The highest BCUT2D eigenvalue weighted by molar-refractivity contribution is 5.97. The predicted molar refractivity (Wildman–Crippen MR) is 102 cm³/mol. The molecule has 1 saturated heterocycles. The molecule has 0 aliphatic carbocycles. The van der Waals surface area contributed by atoms with Crippen LogP contribution in [0, 0.1) is 0 Å². The molecule has 0 bridgehead atoms. The lowest BCUT2D eigenvalue weighted by Gasteiger charge is -2.36. The van der Waals surface area contributed by atoms with Crippen molar-refractivity contribution in [2.75, 3.05) is 31.1 Å². The summed E-state index contributed by atoms with van der Waals surface area (Å²) in [7, 11) is 1.71. The number of hydrogen-bond acceptors (Lipinski definition) is 6. The van der Waals surface area contributed by atoms with Gasteiger partial charge >= 0.3 is 5.76 Å². The van der Waals surface area contributed by atoms with Gasteiger partial charge in [-0.2, -0.15) is 0 Å². The summed E-state index contributed by atoms with van der Waals surface area (Å²) in [6, 6.07) is 9.26. The van der Waals surface area contributed by atoms with Crippen molar-refractivity contribution >= 4 is 22.8 Å². The maximum Gasteiger partial charge on any atom is 0.419 e. The fourth-order valence-corrected chi connectivity index (χ4v) is 3.49. The molecule has 1 aliphatic heterocycles. The molecule has 2 N–H and O–H groups in total. The molecule has 4 rings (SSSR count). The van der Waals surface area contributed by atoms with Gasteiger partial charge in [0.15, 0.2) is 5.58 Å². The van der Waals surface area contributed by atoms with Crippen LogP contribution in [0.25, 0.3) is 11.1 Å². The average Bonchev–Trinajstić information content (AvgIpc) is 2.96. The molecule has 1 aromatic carbocycles. The molecule has 27 heavy (non-hydrogen) atoms. The highest BCUT2D eigenvalue weighted by Gasteiger charge is 2.22. The van der Waals surface area contributed by atoms with Gasteiger partial charge in [-0.3, -0.25) is 14.3 Å². The number of nitrogens with zero attached hydrogens (tertiary/aromatic N) is 4. The van der Waals surface area contributed by atoms with Gasteiger partial charge in [0.25, 0.3) is 5.91 Å². The zero-order valence-corrected chi connectivity index (χ0v) is 15.1. The second-order valence-electron chi connectivity index (χ2n) is 6.73. The summed E-state index contributed by atoms with van der Waals surface area (Å²) >= 11 is 0. The van der Waals surface area contributed by atoms with E-state index in [0.29, 0.717) is 17.0 Å². The van der Waals surface area contributed by atoms with Gasteiger partial charge in [-0.15, -0.1) is 0 Å². The number of aromatic nitrogens is 2. The summed E-state index contributed by atoms with van der Waals surface area (Å²) in [5.74, 6) is -0.157. The fraction of sp³-hybridized carbons (Fsp3) is 0.316. The number of anilines is 1. The summed E-state index contributed by atoms with van der Waals surface area (Å²) in [4.78, 5) is 32.0. The minimum Gasteiger partial charge on any atom is -0.408 e. The number of benzene rings is 1. The van der Waals surface area contributed by atoms with Crippen LogP contribution in [0.1, 0.15) is 15.9 Å². The average molecular weight is 367 g/mol. The molecule has 3 heterocycles. The van der Waals surface area contributed by atoms with E-state index in [2.05, 4.69) is 14.8 Å². The van der Waals surface area contributed by atoms with Gasteiger partial charge in [0.05, 0.1) is 11.1 Å². The number of carbonyl (C=O) groups excluding carboxylic acids is 1. The Bertz CT molecular complexity index is 1050. The summed E-state index contributed by atoms with van der Waals surface area (Å²) in [5.41, 5.74) is 8.45. The molecule has 2 aromatic heterocycles. The molecule has 1 aliphatic rings. The van der Waals surface area contributed by atoms with Crippen molar-refractivity contribution < 1.29 is 9.21 Å². The van der Waals surface area contributed by atoms with Crippen LogP contribution in [0.2, 0.25) is 0 Å². The Labute approximate surface area is 155 Å². The number of pyridine rings is 1. The molecule has 0 radical (unpaired) electrons. The van der Waals surface area contributed by atoms with Crippen molar-refractivity contribution in [1.82, 2.24) is 14.5 Å². The van der Waals surface area contributed by atoms with Crippen LogP contribution in [0.3, 0.4) is 0 Å². The van der Waals surface area contributed by atoms with E-state index in [0.717, 1.165) is 43.8 Å². The van der Waals surface area contributed by atoms with Crippen molar-refractivity contribution in [1.29, 1.82) is 0 Å². The van der Waals surface area contributed by atoms with E-state index in [1.54, 1.807) is 25.4 Å². The quantitative estimate of drug-likeness (QED) is 0.737. The lowest BCUT2D eigenvalue weighted by molar-refractivity contribution is 0.1000. The van der Waals surface area contributed by atoms with Crippen LogP contribution in [-0.2, 0) is 13.6 Å². The number of fused-ring (bicyclic) bond motifs is 1. The molecule has 0 spiro atoms. The first-order chi connectivity index (χ1) is 13.0. The number of aryl methyl sites for hydroxylation is 1. The number of rotatable bonds is 4. The smallest absolute Gasteiger partial charge is 0.408 e. The van der Waals surface area contributed by atoms with Crippen molar-refractivity contribution in [2.45, 2.75) is 6.54 Å². The molecule has 140 valence electrons. The highest BCUT2D eigenvalue weighted by Crippen LogP contribution is 2.20. The number of carbonyl (C=O) groups is 1. The monoisotopic (exact) mass is 367 g/mol. The third-order valence-corrected chi connectivity index (χ3v) is 4.99. The Morgan fingerprint density at radius 2 is 2.00 bits per heavy atom. The summed E-state index contributed by atoms with van der Waals surface area (Å²) in [6.07, 6.45) is 1.68. The molecule has 0 atom stereocenters. The number of primary amides is 1. The molecule has 8 nitrogen and oxygen atoms in total. The lowest BCUT2D eigenvalue weighted by Crippen LogP contribution is -2.46.